The van der Waals surface area contributed by atoms with E-state index in [1.165, 1.54) is 11.3 Å². The lowest BCUT2D eigenvalue weighted by Gasteiger charge is -2.10. The van der Waals surface area contributed by atoms with Crippen molar-refractivity contribution in [3.8, 4) is 6.07 Å². The fourth-order valence-electron chi connectivity index (χ4n) is 2.54. The van der Waals surface area contributed by atoms with Crippen LogP contribution in [0.2, 0.25) is 0 Å². The molecule has 1 aromatic heterocycles. The van der Waals surface area contributed by atoms with Crippen molar-refractivity contribution in [3.05, 3.63) is 70.9 Å². The Kier molecular flexibility index (Phi) is 7.40. The molecule has 1 aliphatic heterocycles. The molecular formula is C21H19ClN2O3S. The van der Waals surface area contributed by atoms with Gasteiger partial charge in [-0.15, -0.1) is 22.9 Å². The van der Waals surface area contributed by atoms with Crippen LogP contribution in [0.5, 0.6) is 0 Å². The van der Waals surface area contributed by atoms with Gasteiger partial charge in [0, 0.05) is 0 Å². The first-order valence-electron chi connectivity index (χ1n) is 8.74. The van der Waals surface area contributed by atoms with Gasteiger partial charge in [-0.1, -0.05) is 42.5 Å². The summed E-state index contributed by atoms with van der Waals surface area (Å²) in [7, 11) is 0. The van der Waals surface area contributed by atoms with Crippen LogP contribution in [0.3, 0.4) is 0 Å². The average molecular weight is 415 g/mol. The van der Waals surface area contributed by atoms with Gasteiger partial charge in [0.05, 0.1) is 36.6 Å². The highest BCUT2D eigenvalue weighted by molar-refractivity contribution is 7.19. The van der Waals surface area contributed by atoms with Crippen molar-refractivity contribution in [1.82, 2.24) is 4.98 Å². The highest BCUT2D eigenvalue weighted by Gasteiger charge is 2.21. The Balaban J connectivity index is 0.000000320. The fraction of sp³-hybridized carbons (Fsp3) is 0.238. The number of thiazole rings is 1. The van der Waals surface area contributed by atoms with Gasteiger partial charge in [0.1, 0.15) is 27.8 Å². The normalized spacial score (nSPS) is 15.7. The number of ether oxygens (including phenoxy) is 2. The molecule has 1 atom stereocenters. The van der Waals surface area contributed by atoms with Crippen molar-refractivity contribution in [1.29, 1.82) is 5.26 Å². The molecule has 1 fully saturated rings. The van der Waals surface area contributed by atoms with Crippen LogP contribution in [0.15, 0.2) is 60.4 Å². The van der Waals surface area contributed by atoms with E-state index >= 15 is 0 Å². The molecule has 7 heteroatoms. The molecule has 0 radical (unpaired) electrons. The topological polar surface area (TPSA) is 75.4 Å². The van der Waals surface area contributed by atoms with Crippen molar-refractivity contribution >= 4 is 38.7 Å². The van der Waals surface area contributed by atoms with Gasteiger partial charge in [-0.25, -0.2) is 4.98 Å². The lowest BCUT2D eigenvalue weighted by molar-refractivity contribution is -0.0334. The van der Waals surface area contributed by atoms with Crippen LogP contribution in [0, 0.1) is 11.3 Å². The van der Waals surface area contributed by atoms with Crippen molar-refractivity contribution < 1.29 is 14.6 Å². The minimum absolute atomic E-state index is 0.116. The third-order valence-electron chi connectivity index (χ3n) is 3.95. The lowest BCUT2D eigenvalue weighted by atomic mass is 10.1. The van der Waals surface area contributed by atoms with E-state index in [-0.39, 0.29) is 11.3 Å². The molecule has 28 heavy (non-hydrogen) atoms. The van der Waals surface area contributed by atoms with Gasteiger partial charge in [0.25, 0.3) is 0 Å². The van der Waals surface area contributed by atoms with Crippen molar-refractivity contribution in [2.24, 2.45) is 0 Å². The molecule has 0 aliphatic carbocycles. The predicted octanol–water partition coefficient (Wildman–Crippen LogP) is 5.10. The van der Waals surface area contributed by atoms with E-state index < -0.39 is 5.38 Å². The minimum Gasteiger partial charge on any atom is -0.509 e. The molecule has 1 unspecified atom stereocenters. The van der Waals surface area contributed by atoms with E-state index in [2.05, 4.69) is 4.98 Å². The first kappa shape index (κ1) is 20.3. The first-order valence-corrected chi connectivity index (χ1v) is 9.99. The number of alkyl halides is 1. The molecule has 1 N–H and O–H groups in total. The summed E-state index contributed by atoms with van der Waals surface area (Å²) in [5.41, 5.74) is 1.65. The summed E-state index contributed by atoms with van der Waals surface area (Å²) in [6, 6.07) is 18.8. The first-order chi connectivity index (χ1) is 13.7. The van der Waals surface area contributed by atoms with Crippen LogP contribution >= 0.6 is 22.9 Å². The van der Waals surface area contributed by atoms with E-state index in [1.807, 2.05) is 48.5 Å². The van der Waals surface area contributed by atoms with Gasteiger partial charge >= 0.3 is 0 Å². The zero-order chi connectivity index (χ0) is 19.8. The number of para-hydroxylation sites is 1. The third kappa shape index (κ3) is 5.09. The molecule has 0 spiro atoms. The molecule has 144 valence electrons. The van der Waals surface area contributed by atoms with Gasteiger partial charge in [-0.05, 0) is 17.7 Å². The molecule has 0 bridgehead atoms. The SMILES string of the molecule is C1COCCO1.N#CC(=C(O)C(Cl)c1ccccc1)c1nc2ccccc2s1. The van der Waals surface area contributed by atoms with Crippen molar-refractivity contribution in [2.45, 2.75) is 5.38 Å². The Morgan fingerprint density at radius 1 is 1.04 bits per heavy atom. The van der Waals surface area contributed by atoms with E-state index in [1.54, 1.807) is 12.1 Å². The van der Waals surface area contributed by atoms with E-state index in [0.29, 0.717) is 5.01 Å². The largest absolute Gasteiger partial charge is 0.509 e. The number of benzene rings is 2. The van der Waals surface area contributed by atoms with Gasteiger partial charge in [0.15, 0.2) is 0 Å². The number of halogens is 1. The maximum Gasteiger partial charge on any atom is 0.138 e. The number of allylic oxidation sites excluding steroid dienone is 2. The quantitative estimate of drug-likeness (QED) is 0.366. The molecule has 2 aromatic carbocycles. The smallest absolute Gasteiger partial charge is 0.138 e. The maximum atomic E-state index is 10.4. The second kappa shape index (κ2) is 10.2. The highest BCUT2D eigenvalue weighted by atomic mass is 35.5. The molecule has 0 amide bonds. The summed E-state index contributed by atoms with van der Waals surface area (Å²) in [4.78, 5) is 4.40. The summed E-state index contributed by atoms with van der Waals surface area (Å²) < 4.78 is 10.9. The number of nitrogens with zero attached hydrogens (tertiary/aromatic N) is 2. The van der Waals surface area contributed by atoms with Crippen LogP contribution in [0.1, 0.15) is 15.9 Å². The number of aliphatic hydroxyl groups excluding tert-OH is 1. The molecule has 0 saturated carbocycles. The second-order valence-electron chi connectivity index (χ2n) is 5.86. The lowest BCUT2D eigenvalue weighted by Crippen LogP contribution is -2.16. The van der Waals surface area contributed by atoms with Crippen molar-refractivity contribution in [3.63, 3.8) is 0 Å². The molecule has 1 saturated heterocycles. The summed E-state index contributed by atoms with van der Waals surface area (Å²) in [5.74, 6) is -0.172. The zero-order valence-electron chi connectivity index (χ0n) is 15.0. The number of fused-ring (bicyclic) bond motifs is 1. The number of hydrogen-bond acceptors (Lipinski definition) is 6. The molecule has 5 nitrogen and oxygen atoms in total. The number of aromatic nitrogens is 1. The average Bonchev–Trinajstić information content (AvgIpc) is 3.19. The second-order valence-corrected chi connectivity index (χ2v) is 7.32. The van der Waals surface area contributed by atoms with Gasteiger partial charge in [0.2, 0.25) is 0 Å². The molecule has 2 heterocycles. The fourth-order valence-corrected chi connectivity index (χ4v) is 3.76. The van der Waals surface area contributed by atoms with E-state index in [0.717, 1.165) is 42.2 Å². The number of aliphatic hydroxyl groups is 1. The summed E-state index contributed by atoms with van der Waals surface area (Å²) >= 11 is 7.66. The maximum absolute atomic E-state index is 10.4. The number of hydrogen-bond donors (Lipinski definition) is 1. The number of nitriles is 1. The Hall–Kier alpha value is -2.43. The molecule has 4 rings (SSSR count). The Morgan fingerprint density at radius 2 is 1.64 bits per heavy atom. The van der Waals surface area contributed by atoms with Crippen LogP contribution in [-0.4, -0.2) is 36.5 Å². The Bertz CT molecular complexity index is 933. The van der Waals surface area contributed by atoms with Crippen LogP contribution in [-0.2, 0) is 9.47 Å². The molecule has 1 aliphatic rings. The Morgan fingerprint density at radius 3 is 2.21 bits per heavy atom. The van der Waals surface area contributed by atoms with E-state index in [4.69, 9.17) is 21.1 Å². The predicted molar refractivity (Wildman–Crippen MR) is 111 cm³/mol. The number of rotatable bonds is 3. The monoisotopic (exact) mass is 414 g/mol. The van der Waals surface area contributed by atoms with E-state index in [9.17, 15) is 10.4 Å². The third-order valence-corrected chi connectivity index (χ3v) is 5.46. The van der Waals surface area contributed by atoms with Gasteiger partial charge < -0.3 is 14.6 Å². The van der Waals surface area contributed by atoms with Crippen LogP contribution < -0.4 is 0 Å². The Labute approximate surface area is 172 Å². The molecule has 3 aromatic rings. The highest BCUT2D eigenvalue weighted by Crippen LogP contribution is 2.34. The van der Waals surface area contributed by atoms with Gasteiger partial charge in [-0.2, -0.15) is 5.26 Å². The summed E-state index contributed by atoms with van der Waals surface area (Å²) in [6.45, 7) is 3.11. The summed E-state index contributed by atoms with van der Waals surface area (Å²) in [5, 5.41) is 19.5. The van der Waals surface area contributed by atoms with Crippen LogP contribution in [0.25, 0.3) is 15.8 Å². The van der Waals surface area contributed by atoms with Crippen LogP contribution in [0.4, 0.5) is 0 Å². The molecular weight excluding hydrogens is 396 g/mol. The summed E-state index contributed by atoms with van der Waals surface area (Å²) in [6.07, 6.45) is 0. The standard InChI is InChI=1S/C17H11ClN2OS.C4H8O2/c18-15(11-6-2-1-3-7-11)16(21)12(10-19)17-20-13-8-4-5-9-14(13)22-17;1-2-6-4-3-5-1/h1-9,15,21H;1-4H2. The zero-order valence-corrected chi connectivity index (χ0v) is 16.6. The minimum atomic E-state index is -0.775. The van der Waals surface area contributed by atoms with Crippen molar-refractivity contribution in [2.75, 3.05) is 26.4 Å². The van der Waals surface area contributed by atoms with Gasteiger partial charge in [-0.3, -0.25) is 0 Å².